The van der Waals surface area contributed by atoms with Gasteiger partial charge in [-0.1, -0.05) is 44.2 Å². The molecule has 0 spiro atoms. The van der Waals surface area contributed by atoms with Crippen LogP contribution in [0.15, 0.2) is 30.3 Å². The second-order valence-corrected chi connectivity index (χ2v) is 7.02. The highest BCUT2D eigenvalue weighted by Crippen LogP contribution is 2.44. The summed E-state index contributed by atoms with van der Waals surface area (Å²) in [5, 5.41) is 0. The lowest BCUT2D eigenvalue weighted by atomic mass is 9.63. The van der Waals surface area contributed by atoms with Gasteiger partial charge in [-0.05, 0) is 33.3 Å². The Kier molecular flexibility index (Phi) is 5.03. The first-order valence-electron chi connectivity index (χ1n) is 7.17. The number of benzene rings is 1. The van der Waals surface area contributed by atoms with Crippen LogP contribution in [0.3, 0.4) is 0 Å². The molecule has 5 heteroatoms. The molecule has 0 heterocycles. The molecular formula is C17H25NO4. The summed E-state index contributed by atoms with van der Waals surface area (Å²) < 4.78 is 5.44. The van der Waals surface area contributed by atoms with Crippen molar-refractivity contribution in [1.82, 2.24) is 0 Å². The van der Waals surface area contributed by atoms with Gasteiger partial charge in [-0.25, -0.2) is 4.79 Å². The van der Waals surface area contributed by atoms with Crippen LogP contribution in [-0.2, 0) is 24.6 Å². The highest BCUT2D eigenvalue weighted by Gasteiger charge is 2.57. The van der Waals surface area contributed by atoms with Gasteiger partial charge in [-0.3, -0.25) is 4.79 Å². The van der Waals surface area contributed by atoms with Gasteiger partial charge in [0.25, 0.3) is 0 Å². The average molecular weight is 307 g/mol. The number of carbonyl (C=O) groups excluding carboxylic acids is 2. The van der Waals surface area contributed by atoms with Gasteiger partial charge in [0.2, 0.25) is 0 Å². The van der Waals surface area contributed by atoms with Crippen molar-refractivity contribution in [3.05, 3.63) is 35.9 Å². The van der Waals surface area contributed by atoms with Crippen molar-refractivity contribution >= 4 is 11.9 Å². The van der Waals surface area contributed by atoms with Crippen LogP contribution < -0.4 is 5.90 Å². The minimum atomic E-state index is -1.57. The Bertz CT molecular complexity index is 546. The maximum Gasteiger partial charge on any atom is 0.342 e. The van der Waals surface area contributed by atoms with E-state index in [1.165, 1.54) is 6.92 Å². The fourth-order valence-electron chi connectivity index (χ4n) is 2.24. The highest BCUT2D eigenvalue weighted by molar-refractivity contribution is 6.01. The standard InChI is InChI=1S/C17H25NO4/c1-15(2,3)21-13(19)17(6,14(20)22-18)16(4,5)12-10-8-7-9-11-12/h7-11H,18H2,1-6H3/t17-/m0/s1. The Hall–Kier alpha value is -1.88. The lowest BCUT2D eigenvalue weighted by Crippen LogP contribution is -2.54. The number of ether oxygens (including phenoxy) is 1. The molecule has 0 aliphatic heterocycles. The summed E-state index contributed by atoms with van der Waals surface area (Å²) in [6.45, 7) is 10.3. The van der Waals surface area contributed by atoms with Gasteiger partial charge in [-0.15, -0.1) is 0 Å². The second-order valence-electron chi connectivity index (χ2n) is 7.02. The zero-order valence-corrected chi connectivity index (χ0v) is 14.1. The van der Waals surface area contributed by atoms with E-state index in [9.17, 15) is 9.59 Å². The van der Waals surface area contributed by atoms with E-state index in [0.717, 1.165) is 5.56 Å². The molecule has 1 aromatic rings. The van der Waals surface area contributed by atoms with Crippen molar-refractivity contribution < 1.29 is 19.2 Å². The van der Waals surface area contributed by atoms with Crippen LogP contribution in [0, 0.1) is 5.41 Å². The first-order chi connectivity index (χ1) is 9.96. The van der Waals surface area contributed by atoms with E-state index in [4.69, 9.17) is 10.6 Å². The Balaban J connectivity index is 3.39. The van der Waals surface area contributed by atoms with Gasteiger partial charge < -0.3 is 9.57 Å². The third-order valence-corrected chi connectivity index (χ3v) is 4.07. The summed E-state index contributed by atoms with van der Waals surface area (Å²) in [6, 6.07) is 9.27. The SMILES string of the molecule is CC(C)(C)OC(=O)[C@@](C)(C(=O)ON)C(C)(C)c1ccccc1. The first kappa shape index (κ1) is 18.2. The Morgan fingerprint density at radius 3 is 1.82 bits per heavy atom. The van der Waals surface area contributed by atoms with Crippen molar-refractivity contribution in [2.45, 2.75) is 52.6 Å². The molecule has 0 aromatic heterocycles. The smallest absolute Gasteiger partial charge is 0.342 e. The molecule has 0 aliphatic carbocycles. The van der Waals surface area contributed by atoms with E-state index in [1.807, 2.05) is 30.3 Å². The van der Waals surface area contributed by atoms with E-state index in [2.05, 4.69) is 4.84 Å². The van der Waals surface area contributed by atoms with Crippen LogP contribution in [0.2, 0.25) is 0 Å². The topological polar surface area (TPSA) is 78.6 Å². The van der Waals surface area contributed by atoms with Gasteiger partial charge in [0.1, 0.15) is 5.60 Å². The number of hydrogen-bond acceptors (Lipinski definition) is 5. The Morgan fingerprint density at radius 1 is 0.909 bits per heavy atom. The van der Waals surface area contributed by atoms with Crippen LogP contribution in [0.25, 0.3) is 0 Å². The van der Waals surface area contributed by atoms with E-state index in [-0.39, 0.29) is 0 Å². The molecular weight excluding hydrogens is 282 g/mol. The highest BCUT2D eigenvalue weighted by atomic mass is 16.7. The zero-order chi connectivity index (χ0) is 17.2. The molecule has 0 bridgehead atoms. The summed E-state index contributed by atoms with van der Waals surface area (Å²) in [7, 11) is 0. The summed E-state index contributed by atoms with van der Waals surface area (Å²) in [6.07, 6.45) is 0. The molecule has 1 rings (SSSR count). The van der Waals surface area contributed by atoms with Crippen LogP contribution in [0.1, 0.15) is 47.1 Å². The third kappa shape index (κ3) is 3.30. The van der Waals surface area contributed by atoms with E-state index < -0.39 is 28.4 Å². The minimum absolute atomic E-state index is 0.663. The first-order valence-corrected chi connectivity index (χ1v) is 7.17. The fourth-order valence-corrected chi connectivity index (χ4v) is 2.24. The Labute approximate surface area is 131 Å². The van der Waals surface area contributed by atoms with Crippen molar-refractivity contribution in [3.8, 4) is 0 Å². The summed E-state index contributed by atoms with van der Waals surface area (Å²) in [5.41, 5.74) is -2.35. The lowest BCUT2D eigenvalue weighted by molar-refractivity contribution is -0.184. The zero-order valence-electron chi connectivity index (χ0n) is 14.1. The molecule has 2 N–H and O–H groups in total. The number of rotatable bonds is 4. The molecule has 0 saturated carbocycles. The van der Waals surface area contributed by atoms with E-state index in [0.29, 0.717) is 0 Å². The largest absolute Gasteiger partial charge is 0.459 e. The maximum absolute atomic E-state index is 12.7. The van der Waals surface area contributed by atoms with Crippen LogP contribution in [-0.4, -0.2) is 17.5 Å². The van der Waals surface area contributed by atoms with Crippen molar-refractivity contribution in [2.75, 3.05) is 0 Å². The monoisotopic (exact) mass is 307 g/mol. The number of hydrogen-bond donors (Lipinski definition) is 1. The second kappa shape index (κ2) is 6.08. The van der Waals surface area contributed by atoms with Gasteiger partial charge in [0.05, 0.1) is 0 Å². The Morgan fingerprint density at radius 2 is 1.41 bits per heavy atom. The van der Waals surface area contributed by atoms with Gasteiger partial charge in [0.15, 0.2) is 5.41 Å². The van der Waals surface area contributed by atoms with E-state index >= 15 is 0 Å². The van der Waals surface area contributed by atoms with Crippen molar-refractivity contribution in [1.29, 1.82) is 0 Å². The molecule has 5 nitrogen and oxygen atoms in total. The molecule has 122 valence electrons. The molecule has 0 amide bonds. The molecule has 1 atom stereocenters. The van der Waals surface area contributed by atoms with Gasteiger partial charge in [0, 0.05) is 5.41 Å². The number of nitrogens with two attached hydrogens (primary N) is 1. The summed E-state index contributed by atoms with van der Waals surface area (Å²) in [5.74, 6) is 3.59. The number of carbonyl (C=O) groups is 2. The molecule has 0 aliphatic rings. The lowest BCUT2D eigenvalue weighted by Gasteiger charge is -2.41. The molecule has 0 fully saturated rings. The normalized spacial score (nSPS) is 14.9. The van der Waals surface area contributed by atoms with Gasteiger partial charge >= 0.3 is 11.9 Å². The molecule has 1 aromatic carbocycles. The minimum Gasteiger partial charge on any atom is -0.459 e. The van der Waals surface area contributed by atoms with Crippen molar-refractivity contribution in [3.63, 3.8) is 0 Å². The molecule has 0 unspecified atom stereocenters. The molecule has 22 heavy (non-hydrogen) atoms. The predicted octanol–water partition coefficient (Wildman–Crippen LogP) is 2.73. The third-order valence-electron chi connectivity index (χ3n) is 4.07. The van der Waals surface area contributed by atoms with Crippen LogP contribution in [0.4, 0.5) is 0 Å². The predicted molar refractivity (Wildman–Crippen MR) is 83.7 cm³/mol. The number of esters is 1. The van der Waals surface area contributed by atoms with Crippen LogP contribution in [0.5, 0.6) is 0 Å². The van der Waals surface area contributed by atoms with E-state index in [1.54, 1.807) is 34.6 Å². The maximum atomic E-state index is 12.7. The fraction of sp³-hybridized carbons (Fsp3) is 0.529. The van der Waals surface area contributed by atoms with Crippen molar-refractivity contribution in [2.24, 2.45) is 11.3 Å². The van der Waals surface area contributed by atoms with Gasteiger partial charge in [-0.2, -0.15) is 5.90 Å². The molecule has 0 saturated heterocycles. The summed E-state index contributed by atoms with van der Waals surface area (Å²) >= 11 is 0. The summed E-state index contributed by atoms with van der Waals surface area (Å²) in [4.78, 5) is 29.5. The average Bonchev–Trinajstić information content (AvgIpc) is 2.44. The van der Waals surface area contributed by atoms with Crippen LogP contribution >= 0.6 is 0 Å². The quantitative estimate of drug-likeness (QED) is 0.525. The molecule has 0 radical (unpaired) electrons.